The predicted molar refractivity (Wildman–Crippen MR) is 90.8 cm³/mol. The Hall–Kier alpha value is -3.36. The number of esters is 1. The van der Waals surface area contributed by atoms with Crippen molar-refractivity contribution in [3.63, 3.8) is 0 Å². The maximum absolute atomic E-state index is 12.5. The van der Waals surface area contributed by atoms with Crippen LogP contribution in [0.5, 0.6) is 0 Å². The van der Waals surface area contributed by atoms with Gasteiger partial charge in [-0.05, 0) is 17.5 Å². The molecule has 0 unspecified atom stereocenters. The van der Waals surface area contributed by atoms with Gasteiger partial charge in [0.15, 0.2) is 12.3 Å². The fourth-order valence-electron chi connectivity index (χ4n) is 2.45. The van der Waals surface area contributed by atoms with E-state index in [0.29, 0.717) is 5.69 Å². The van der Waals surface area contributed by atoms with Crippen molar-refractivity contribution in [2.24, 2.45) is 0 Å². The van der Waals surface area contributed by atoms with Crippen LogP contribution in [0.4, 0.5) is 18.9 Å². The molecule has 3 rings (SSSR count). The first-order valence-electron chi connectivity index (χ1n) is 7.87. The number of halogens is 3. The molecule has 6 nitrogen and oxygen atoms in total. The zero-order valence-electron chi connectivity index (χ0n) is 13.9. The van der Waals surface area contributed by atoms with Gasteiger partial charge in [0.25, 0.3) is 5.91 Å². The molecule has 1 aromatic heterocycles. The Kier molecular flexibility index (Phi) is 5.11. The predicted octanol–water partition coefficient (Wildman–Crippen LogP) is 3.24. The van der Waals surface area contributed by atoms with Gasteiger partial charge in [0.2, 0.25) is 0 Å². The molecule has 27 heavy (non-hydrogen) atoms. The van der Waals surface area contributed by atoms with E-state index in [2.05, 4.69) is 10.4 Å². The van der Waals surface area contributed by atoms with Gasteiger partial charge in [-0.3, -0.25) is 14.3 Å². The lowest BCUT2D eigenvalue weighted by Crippen LogP contribution is -2.23. The van der Waals surface area contributed by atoms with E-state index in [-0.39, 0.29) is 0 Å². The molecular formula is C18H14F3N3O3. The lowest BCUT2D eigenvalue weighted by atomic mass is 10.1. The van der Waals surface area contributed by atoms with Crippen molar-refractivity contribution in [3.8, 4) is 0 Å². The quantitative estimate of drug-likeness (QED) is 0.693. The van der Waals surface area contributed by atoms with Gasteiger partial charge >= 0.3 is 12.1 Å². The number of nitrogens with zero attached hydrogens (tertiary/aromatic N) is 2. The minimum atomic E-state index is -4.59. The van der Waals surface area contributed by atoms with Crippen molar-refractivity contribution < 1.29 is 27.5 Å². The summed E-state index contributed by atoms with van der Waals surface area (Å²) in [4.78, 5) is 23.7. The number of carbonyl (C=O) groups is 2. The van der Waals surface area contributed by atoms with Gasteiger partial charge in [0.1, 0.15) is 6.54 Å². The van der Waals surface area contributed by atoms with Crippen molar-refractivity contribution in [2.45, 2.75) is 12.7 Å². The van der Waals surface area contributed by atoms with E-state index in [1.807, 2.05) is 30.3 Å². The monoisotopic (exact) mass is 377 g/mol. The molecule has 2 aromatic carbocycles. The molecule has 0 bridgehead atoms. The normalized spacial score (nSPS) is 11.4. The summed E-state index contributed by atoms with van der Waals surface area (Å²) >= 11 is 0. The van der Waals surface area contributed by atoms with Gasteiger partial charge < -0.3 is 10.1 Å². The Morgan fingerprint density at radius 3 is 2.56 bits per heavy atom. The van der Waals surface area contributed by atoms with Crippen molar-refractivity contribution in [2.75, 3.05) is 11.9 Å². The van der Waals surface area contributed by atoms with Crippen molar-refractivity contribution in [1.82, 2.24) is 9.78 Å². The molecule has 1 amide bonds. The van der Waals surface area contributed by atoms with Crippen molar-refractivity contribution in [1.29, 1.82) is 0 Å². The summed E-state index contributed by atoms with van der Waals surface area (Å²) in [6.07, 6.45) is -3.58. The molecule has 0 aliphatic carbocycles. The smallest absolute Gasteiger partial charge is 0.435 e. The van der Waals surface area contributed by atoms with Gasteiger partial charge in [-0.2, -0.15) is 18.3 Å². The number of anilines is 1. The minimum absolute atomic E-state index is 0.530. The number of hydrogen-bond donors (Lipinski definition) is 1. The molecule has 0 radical (unpaired) electrons. The summed E-state index contributed by atoms with van der Waals surface area (Å²) in [6, 6.07) is 13.6. The van der Waals surface area contributed by atoms with Crippen LogP contribution in [0.25, 0.3) is 10.8 Å². The Bertz CT molecular complexity index is 977. The number of aromatic nitrogens is 2. The van der Waals surface area contributed by atoms with Crippen LogP contribution in [-0.4, -0.2) is 28.3 Å². The number of rotatable bonds is 5. The summed E-state index contributed by atoms with van der Waals surface area (Å²) in [6.45, 7) is -1.09. The Balaban J connectivity index is 1.54. The number of hydrogen-bond acceptors (Lipinski definition) is 4. The molecule has 9 heteroatoms. The van der Waals surface area contributed by atoms with Crippen LogP contribution < -0.4 is 5.32 Å². The van der Waals surface area contributed by atoms with Gasteiger partial charge in [-0.1, -0.05) is 36.4 Å². The topological polar surface area (TPSA) is 73.2 Å². The summed E-state index contributed by atoms with van der Waals surface area (Å²) in [5, 5.41) is 7.65. The average Bonchev–Trinajstić information content (AvgIpc) is 3.09. The fraction of sp³-hybridized carbons (Fsp3) is 0.167. The number of alkyl halides is 3. The molecule has 0 atom stereocenters. The van der Waals surface area contributed by atoms with Crippen LogP contribution in [0.15, 0.2) is 54.7 Å². The van der Waals surface area contributed by atoms with Gasteiger partial charge in [-0.25, -0.2) is 0 Å². The number of fused-ring (bicyclic) bond motifs is 1. The van der Waals surface area contributed by atoms with Crippen LogP contribution in [0.3, 0.4) is 0 Å². The third kappa shape index (κ3) is 4.63. The van der Waals surface area contributed by atoms with Crippen molar-refractivity contribution in [3.05, 3.63) is 60.4 Å². The summed E-state index contributed by atoms with van der Waals surface area (Å²) < 4.78 is 43.0. The van der Waals surface area contributed by atoms with E-state index in [4.69, 9.17) is 4.74 Å². The Labute approximate surface area is 151 Å². The lowest BCUT2D eigenvalue weighted by Gasteiger charge is -2.09. The highest BCUT2D eigenvalue weighted by molar-refractivity contribution is 6.02. The van der Waals surface area contributed by atoms with Gasteiger partial charge in [0, 0.05) is 17.3 Å². The minimum Gasteiger partial charge on any atom is -0.454 e. The molecule has 1 heterocycles. The van der Waals surface area contributed by atoms with Crippen molar-refractivity contribution >= 4 is 28.3 Å². The maximum Gasteiger partial charge on any atom is 0.435 e. The fourth-order valence-corrected chi connectivity index (χ4v) is 2.45. The first-order valence-corrected chi connectivity index (χ1v) is 7.87. The summed E-state index contributed by atoms with van der Waals surface area (Å²) in [7, 11) is 0. The third-order valence-electron chi connectivity index (χ3n) is 3.65. The van der Waals surface area contributed by atoms with Crippen LogP contribution in [0.1, 0.15) is 5.69 Å². The largest absolute Gasteiger partial charge is 0.454 e. The third-order valence-corrected chi connectivity index (χ3v) is 3.65. The maximum atomic E-state index is 12.5. The zero-order valence-corrected chi connectivity index (χ0v) is 13.9. The van der Waals surface area contributed by atoms with E-state index < -0.39 is 36.9 Å². The lowest BCUT2D eigenvalue weighted by molar-refractivity contribution is -0.148. The Morgan fingerprint density at radius 1 is 1.07 bits per heavy atom. The summed E-state index contributed by atoms with van der Waals surface area (Å²) in [5.74, 6) is -1.43. The molecule has 0 spiro atoms. The molecule has 3 aromatic rings. The van der Waals surface area contributed by atoms with E-state index in [0.717, 1.165) is 27.7 Å². The average molecular weight is 377 g/mol. The molecule has 0 saturated heterocycles. The SMILES string of the molecule is O=C(COC(=O)Cn1ccc(C(F)(F)F)n1)Nc1cccc2ccccc12. The van der Waals surface area contributed by atoms with E-state index in [1.165, 1.54) is 0 Å². The van der Waals surface area contributed by atoms with Gasteiger partial charge in [-0.15, -0.1) is 0 Å². The number of amides is 1. The van der Waals surface area contributed by atoms with E-state index in [9.17, 15) is 22.8 Å². The highest BCUT2D eigenvalue weighted by Gasteiger charge is 2.33. The highest BCUT2D eigenvalue weighted by Crippen LogP contribution is 2.27. The summed E-state index contributed by atoms with van der Waals surface area (Å²) in [5.41, 5.74) is -0.542. The van der Waals surface area contributed by atoms with E-state index >= 15 is 0 Å². The highest BCUT2D eigenvalue weighted by atomic mass is 19.4. The molecular weight excluding hydrogens is 363 g/mol. The van der Waals surface area contributed by atoms with Crippen LogP contribution in [0.2, 0.25) is 0 Å². The first kappa shape index (κ1) is 18.4. The molecule has 0 aliphatic rings. The number of ether oxygens (including phenoxy) is 1. The zero-order chi connectivity index (χ0) is 19.4. The molecule has 0 aliphatic heterocycles. The second-order valence-electron chi connectivity index (χ2n) is 5.63. The molecule has 140 valence electrons. The molecule has 1 N–H and O–H groups in total. The second kappa shape index (κ2) is 7.48. The van der Waals surface area contributed by atoms with Crippen LogP contribution in [0, 0.1) is 0 Å². The number of benzene rings is 2. The number of nitrogens with one attached hydrogen (secondary N) is 1. The Morgan fingerprint density at radius 2 is 1.81 bits per heavy atom. The standard InChI is InChI=1S/C18H14F3N3O3/c19-18(20,21)15-8-9-24(23-15)10-17(26)27-11-16(25)22-14-7-3-5-12-4-1-2-6-13(12)14/h1-9H,10-11H2,(H,22,25). The van der Waals surface area contributed by atoms with Crippen LogP contribution in [-0.2, 0) is 27.0 Å². The van der Waals surface area contributed by atoms with Crippen LogP contribution >= 0.6 is 0 Å². The molecule has 0 fully saturated rings. The van der Waals surface area contributed by atoms with E-state index in [1.54, 1.807) is 12.1 Å². The number of carbonyl (C=O) groups excluding carboxylic acids is 2. The first-order chi connectivity index (χ1) is 12.8. The van der Waals surface area contributed by atoms with Gasteiger partial charge in [0.05, 0.1) is 0 Å². The second-order valence-corrected chi connectivity index (χ2v) is 5.63. The molecule has 0 saturated carbocycles.